The van der Waals surface area contributed by atoms with Crippen molar-refractivity contribution >= 4 is 34.2 Å². The second-order valence-electron chi connectivity index (χ2n) is 12.1. The van der Waals surface area contributed by atoms with Crippen LogP contribution in [0.2, 0.25) is 6.32 Å². The number of hydrogen-bond donors (Lipinski definition) is 1. The van der Waals surface area contributed by atoms with Crippen LogP contribution in [0.3, 0.4) is 0 Å². The van der Waals surface area contributed by atoms with Gasteiger partial charge in [0.25, 0.3) is 0 Å². The fourth-order valence-electron chi connectivity index (χ4n) is 5.96. The Hall–Kier alpha value is -4.12. The van der Waals surface area contributed by atoms with Gasteiger partial charge in [-0.3, -0.25) is 0 Å². The van der Waals surface area contributed by atoms with E-state index in [0.717, 1.165) is 23.9 Å². The zero-order chi connectivity index (χ0) is 29.3. The standard InChI is InChI=1S/C38H38BNO2/c1-37(2)38(3,4)42-39(41-37)24-14-13-19-30(26-40)36-32-21-12-11-20-31(32)35(28-17-9-6-10-18-28)34-25-29(22-23-33(34)36)27-15-7-5-8-16-27/h5-13,15-23,25-26H,14,24,40H2,1-4H3/b19-13-,30-26+. The highest BCUT2D eigenvalue weighted by Gasteiger charge is 2.50. The summed E-state index contributed by atoms with van der Waals surface area (Å²) in [4.78, 5) is 0. The zero-order valence-corrected chi connectivity index (χ0v) is 24.9. The molecule has 3 nitrogen and oxygen atoms in total. The molecule has 0 saturated carbocycles. The minimum absolute atomic E-state index is 0.215. The first-order valence-corrected chi connectivity index (χ1v) is 14.8. The third-order valence-corrected chi connectivity index (χ3v) is 8.83. The monoisotopic (exact) mass is 551 g/mol. The quantitative estimate of drug-likeness (QED) is 0.124. The van der Waals surface area contributed by atoms with Crippen LogP contribution in [-0.2, 0) is 9.31 Å². The highest BCUT2D eigenvalue weighted by atomic mass is 16.7. The average molecular weight is 552 g/mol. The number of hydrogen-bond acceptors (Lipinski definition) is 3. The van der Waals surface area contributed by atoms with Gasteiger partial charge in [0, 0.05) is 6.20 Å². The van der Waals surface area contributed by atoms with Gasteiger partial charge in [0.05, 0.1) is 11.2 Å². The molecule has 4 heteroatoms. The van der Waals surface area contributed by atoms with Crippen molar-refractivity contribution in [1.29, 1.82) is 0 Å². The zero-order valence-electron chi connectivity index (χ0n) is 24.9. The van der Waals surface area contributed by atoms with Crippen LogP contribution in [0.4, 0.5) is 0 Å². The van der Waals surface area contributed by atoms with Crippen LogP contribution in [0, 0.1) is 0 Å². The molecule has 0 radical (unpaired) electrons. The van der Waals surface area contributed by atoms with E-state index >= 15 is 0 Å². The fourth-order valence-corrected chi connectivity index (χ4v) is 5.96. The van der Waals surface area contributed by atoms with Crippen LogP contribution in [0.5, 0.6) is 0 Å². The van der Waals surface area contributed by atoms with Crippen molar-refractivity contribution in [3.05, 3.63) is 127 Å². The van der Waals surface area contributed by atoms with Gasteiger partial charge in [-0.15, -0.1) is 0 Å². The van der Waals surface area contributed by atoms with Crippen LogP contribution in [-0.4, -0.2) is 18.3 Å². The van der Waals surface area contributed by atoms with Crippen molar-refractivity contribution in [1.82, 2.24) is 0 Å². The Morgan fingerprint density at radius 1 is 0.667 bits per heavy atom. The van der Waals surface area contributed by atoms with Crippen molar-refractivity contribution in [3.63, 3.8) is 0 Å². The molecule has 2 N–H and O–H groups in total. The molecule has 6 rings (SSSR count). The summed E-state index contributed by atoms with van der Waals surface area (Å²) < 4.78 is 12.4. The van der Waals surface area contributed by atoms with E-state index in [4.69, 9.17) is 15.0 Å². The highest BCUT2D eigenvalue weighted by Crippen LogP contribution is 2.43. The predicted molar refractivity (Wildman–Crippen MR) is 179 cm³/mol. The van der Waals surface area contributed by atoms with Crippen molar-refractivity contribution in [2.45, 2.75) is 51.6 Å². The Kier molecular flexibility index (Phi) is 7.53. The lowest BCUT2D eigenvalue weighted by Crippen LogP contribution is -2.41. The normalized spacial score (nSPS) is 16.6. The Bertz CT molecular complexity index is 1770. The molecule has 0 unspecified atom stereocenters. The maximum atomic E-state index is 6.37. The molecular formula is C38H38BNO2. The highest BCUT2D eigenvalue weighted by molar-refractivity contribution is 6.45. The number of fused-ring (bicyclic) bond motifs is 2. The maximum Gasteiger partial charge on any atom is 0.458 e. The summed E-state index contributed by atoms with van der Waals surface area (Å²) in [7, 11) is -0.215. The Balaban J connectivity index is 1.45. The third-order valence-electron chi connectivity index (χ3n) is 8.83. The molecule has 42 heavy (non-hydrogen) atoms. The number of rotatable bonds is 7. The summed E-state index contributed by atoms with van der Waals surface area (Å²) in [6.07, 6.45) is 7.69. The Morgan fingerprint density at radius 3 is 1.88 bits per heavy atom. The lowest BCUT2D eigenvalue weighted by molar-refractivity contribution is 0.00578. The fraction of sp³-hybridized carbons (Fsp3) is 0.211. The van der Waals surface area contributed by atoms with E-state index in [0.29, 0.717) is 0 Å². The first-order chi connectivity index (χ1) is 20.3. The van der Waals surface area contributed by atoms with Gasteiger partial charge >= 0.3 is 7.12 Å². The molecule has 0 aromatic heterocycles. The van der Waals surface area contributed by atoms with Crippen molar-refractivity contribution in [2.24, 2.45) is 5.73 Å². The summed E-state index contributed by atoms with van der Waals surface area (Å²) >= 11 is 0. The second-order valence-corrected chi connectivity index (χ2v) is 12.1. The molecule has 0 spiro atoms. The first kappa shape index (κ1) is 28.0. The van der Waals surface area contributed by atoms with Crippen LogP contribution >= 0.6 is 0 Å². The summed E-state index contributed by atoms with van der Waals surface area (Å²) in [6.45, 7) is 8.38. The molecule has 5 aromatic rings. The topological polar surface area (TPSA) is 44.5 Å². The predicted octanol–water partition coefficient (Wildman–Crippen LogP) is 9.67. The van der Waals surface area contributed by atoms with Gasteiger partial charge in [0.2, 0.25) is 0 Å². The summed E-state index contributed by atoms with van der Waals surface area (Å²) in [5.41, 5.74) is 12.7. The lowest BCUT2D eigenvalue weighted by atomic mass is 9.82. The molecule has 0 amide bonds. The smallest absolute Gasteiger partial charge is 0.404 e. The molecule has 0 aliphatic carbocycles. The van der Waals surface area contributed by atoms with Crippen LogP contribution in [0.1, 0.15) is 39.7 Å². The van der Waals surface area contributed by atoms with E-state index in [1.165, 1.54) is 43.8 Å². The van der Waals surface area contributed by atoms with E-state index < -0.39 is 0 Å². The van der Waals surface area contributed by atoms with Gasteiger partial charge in [0.15, 0.2) is 0 Å². The second kappa shape index (κ2) is 11.3. The van der Waals surface area contributed by atoms with Crippen LogP contribution in [0.25, 0.3) is 49.4 Å². The van der Waals surface area contributed by atoms with Gasteiger partial charge < -0.3 is 15.0 Å². The Morgan fingerprint density at radius 2 is 1.24 bits per heavy atom. The van der Waals surface area contributed by atoms with E-state index in [2.05, 4.69) is 143 Å². The van der Waals surface area contributed by atoms with Gasteiger partial charge in [0.1, 0.15) is 0 Å². The molecule has 0 atom stereocenters. The van der Waals surface area contributed by atoms with Gasteiger partial charge in [-0.2, -0.15) is 0 Å². The molecule has 1 saturated heterocycles. The summed E-state index contributed by atoms with van der Waals surface area (Å²) in [6, 6.07) is 36.7. The van der Waals surface area contributed by atoms with E-state index in [-0.39, 0.29) is 18.3 Å². The van der Waals surface area contributed by atoms with Crippen molar-refractivity contribution < 1.29 is 9.31 Å². The van der Waals surface area contributed by atoms with Gasteiger partial charge in [-0.25, -0.2) is 0 Å². The van der Waals surface area contributed by atoms with Gasteiger partial charge in [-0.05, 0) is 101 Å². The Labute approximate surface area is 249 Å². The minimum Gasteiger partial charge on any atom is -0.404 e. The van der Waals surface area contributed by atoms with Crippen molar-refractivity contribution in [3.8, 4) is 22.3 Å². The molecule has 210 valence electrons. The van der Waals surface area contributed by atoms with Crippen molar-refractivity contribution in [2.75, 3.05) is 0 Å². The van der Waals surface area contributed by atoms with Crippen LogP contribution < -0.4 is 5.73 Å². The maximum absolute atomic E-state index is 6.37. The van der Waals surface area contributed by atoms with E-state index in [9.17, 15) is 0 Å². The third kappa shape index (κ3) is 5.17. The molecule has 0 bridgehead atoms. The van der Waals surface area contributed by atoms with E-state index in [1.807, 2.05) is 0 Å². The molecular weight excluding hydrogens is 513 g/mol. The lowest BCUT2D eigenvalue weighted by Gasteiger charge is -2.32. The largest absolute Gasteiger partial charge is 0.458 e. The SMILES string of the molecule is CC1(C)OB(CC/C=C\C(=C/N)c2c3ccccc3c(-c3ccccc3)c3cc(-c4ccccc4)ccc23)OC1(C)C. The average Bonchev–Trinajstić information content (AvgIpc) is 3.22. The molecule has 5 aromatic carbocycles. The number of nitrogens with two attached hydrogens (primary N) is 1. The summed E-state index contributed by atoms with van der Waals surface area (Å²) in [5, 5.41) is 4.78. The minimum atomic E-state index is -0.319. The summed E-state index contributed by atoms with van der Waals surface area (Å²) in [5.74, 6) is 0. The van der Waals surface area contributed by atoms with Gasteiger partial charge in [-0.1, -0.05) is 109 Å². The molecule has 1 fully saturated rings. The molecule has 1 heterocycles. The van der Waals surface area contributed by atoms with Crippen LogP contribution in [0.15, 0.2) is 121 Å². The first-order valence-electron chi connectivity index (χ1n) is 14.8. The molecule has 1 aliphatic heterocycles. The number of benzene rings is 5. The molecule has 1 aliphatic rings. The number of allylic oxidation sites excluding steroid dienone is 3. The van der Waals surface area contributed by atoms with E-state index in [1.54, 1.807) is 6.20 Å².